The molecule has 0 aliphatic carbocycles. The average molecular weight is 354 g/mol. The highest BCUT2D eigenvalue weighted by atomic mass is 16.5. The van der Waals surface area contributed by atoms with Gasteiger partial charge in [-0.3, -0.25) is 4.79 Å². The van der Waals surface area contributed by atoms with Crippen LogP contribution in [0.3, 0.4) is 0 Å². The third-order valence-corrected chi connectivity index (χ3v) is 4.80. The van der Waals surface area contributed by atoms with E-state index in [2.05, 4.69) is 28.0 Å². The maximum absolute atomic E-state index is 12.7. The lowest BCUT2D eigenvalue weighted by Gasteiger charge is -2.37. The van der Waals surface area contributed by atoms with E-state index in [1.165, 1.54) is 5.69 Å². The molecule has 1 aromatic carbocycles. The topological polar surface area (TPSA) is 59.8 Å². The Balaban J connectivity index is 1.61. The number of piperazine rings is 1. The molecule has 2 aliphatic heterocycles. The second kappa shape index (κ2) is 8.24. The zero-order chi connectivity index (χ0) is 18.5. The molecular weight excluding hydrogens is 328 g/mol. The molecule has 2 heterocycles. The molecule has 138 valence electrons. The van der Waals surface area contributed by atoms with Gasteiger partial charge in [-0.15, -0.1) is 0 Å². The molecule has 0 aromatic heterocycles. The van der Waals surface area contributed by atoms with Gasteiger partial charge < -0.3 is 19.4 Å². The molecule has 2 saturated heterocycles. The van der Waals surface area contributed by atoms with Gasteiger partial charge in [-0.25, -0.2) is 0 Å². The van der Waals surface area contributed by atoms with Crippen molar-refractivity contribution in [1.29, 1.82) is 5.26 Å². The van der Waals surface area contributed by atoms with E-state index >= 15 is 0 Å². The maximum atomic E-state index is 12.7. The van der Waals surface area contributed by atoms with Gasteiger partial charge in [0.05, 0.1) is 12.2 Å². The monoisotopic (exact) mass is 354 g/mol. The summed E-state index contributed by atoms with van der Waals surface area (Å²) in [6.07, 6.45) is 1.73. The Labute approximate surface area is 155 Å². The summed E-state index contributed by atoms with van der Waals surface area (Å²) >= 11 is 0. The minimum Gasteiger partial charge on any atom is -0.373 e. The van der Waals surface area contributed by atoms with E-state index in [9.17, 15) is 10.1 Å². The first kappa shape index (κ1) is 18.3. The highest BCUT2D eigenvalue weighted by molar-refractivity contribution is 5.97. The van der Waals surface area contributed by atoms with Crippen molar-refractivity contribution in [2.24, 2.45) is 0 Å². The molecule has 2 atom stereocenters. The molecule has 6 heteroatoms. The molecule has 2 unspecified atom stereocenters. The number of ether oxygens (including phenoxy) is 1. The Bertz CT molecular complexity index is 680. The number of carbonyl (C=O) groups excluding carboxylic acids is 1. The summed E-state index contributed by atoms with van der Waals surface area (Å²) in [6.45, 7) is 8.31. The molecule has 0 N–H and O–H groups in total. The zero-order valence-corrected chi connectivity index (χ0v) is 15.5. The number of hydrogen-bond acceptors (Lipinski definition) is 5. The summed E-state index contributed by atoms with van der Waals surface area (Å²) in [7, 11) is 0. The van der Waals surface area contributed by atoms with Gasteiger partial charge in [-0.05, 0) is 26.0 Å². The molecule has 6 nitrogen and oxygen atoms in total. The lowest BCUT2D eigenvalue weighted by molar-refractivity contribution is -0.138. The van der Waals surface area contributed by atoms with Gasteiger partial charge in [0.1, 0.15) is 11.6 Å². The van der Waals surface area contributed by atoms with Crippen molar-refractivity contribution in [1.82, 2.24) is 9.80 Å². The van der Waals surface area contributed by atoms with Crippen LogP contribution in [0.5, 0.6) is 0 Å². The van der Waals surface area contributed by atoms with Crippen LogP contribution in [0.2, 0.25) is 0 Å². The molecule has 0 saturated carbocycles. The van der Waals surface area contributed by atoms with Crippen LogP contribution in [-0.2, 0) is 9.53 Å². The summed E-state index contributed by atoms with van der Waals surface area (Å²) in [5, 5.41) is 9.49. The Morgan fingerprint density at radius 1 is 1.12 bits per heavy atom. The number of nitrogens with zero attached hydrogens (tertiary/aromatic N) is 4. The van der Waals surface area contributed by atoms with Crippen LogP contribution in [0.25, 0.3) is 0 Å². The van der Waals surface area contributed by atoms with Crippen LogP contribution in [-0.4, -0.2) is 67.2 Å². The molecule has 2 aliphatic rings. The van der Waals surface area contributed by atoms with Gasteiger partial charge >= 0.3 is 0 Å². The number of morpholine rings is 1. The highest BCUT2D eigenvalue weighted by Gasteiger charge is 2.28. The van der Waals surface area contributed by atoms with Crippen LogP contribution in [0, 0.1) is 11.3 Å². The number of amides is 1. The van der Waals surface area contributed by atoms with Gasteiger partial charge in [-0.2, -0.15) is 5.26 Å². The van der Waals surface area contributed by atoms with E-state index in [0.29, 0.717) is 13.1 Å². The Morgan fingerprint density at radius 2 is 1.73 bits per heavy atom. The Morgan fingerprint density at radius 3 is 2.31 bits per heavy atom. The molecule has 2 fully saturated rings. The van der Waals surface area contributed by atoms with Crippen molar-refractivity contribution < 1.29 is 9.53 Å². The van der Waals surface area contributed by atoms with Crippen LogP contribution < -0.4 is 4.90 Å². The van der Waals surface area contributed by atoms with Crippen molar-refractivity contribution >= 4 is 11.6 Å². The third-order valence-electron chi connectivity index (χ3n) is 4.80. The maximum Gasteiger partial charge on any atom is 0.266 e. The predicted octanol–water partition coefficient (Wildman–Crippen LogP) is 1.85. The van der Waals surface area contributed by atoms with E-state index in [4.69, 9.17) is 4.74 Å². The fraction of sp³-hybridized carbons (Fsp3) is 0.500. The van der Waals surface area contributed by atoms with Crippen molar-refractivity contribution in [3.05, 3.63) is 42.1 Å². The van der Waals surface area contributed by atoms with E-state index in [-0.39, 0.29) is 23.7 Å². The highest BCUT2D eigenvalue weighted by Crippen LogP contribution is 2.17. The number of carbonyl (C=O) groups is 1. The number of hydrogen-bond donors (Lipinski definition) is 0. The van der Waals surface area contributed by atoms with Gasteiger partial charge in [0.2, 0.25) is 0 Å². The molecule has 0 spiro atoms. The molecule has 0 bridgehead atoms. The lowest BCUT2D eigenvalue weighted by Crippen LogP contribution is -2.49. The fourth-order valence-corrected chi connectivity index (χ4v) is 3.58. The zero-order valence-electron chi connectivity index (χ0n) is 15.5. The first-order valence-corrected chi connectivity index (χ1v) is 9.17. The van der Waals surface area contributed by atoms with Gasteiger partial charge in [0, 0.05) is 51.2 Å². The second-order valence-corrected chi connectivity index (χ2v) is 6.98. The average Bonchev–Trinajstić information content (AvgIpc) is 2.66. The number of benzene rings is 1. The van der Waals surface area contributed by atoms with E-state index in [1.54, 1.807) is 11.1 Å². The molecular formula is C20H26N4O2. The second-order valence-electron chi connectivity index (χ2n) is 6.98. The van der Waals surface area contributed by atoms with Crippen molar-refractivity contribution in [3.63, 3.8) is 0 Å². The summed E-state index contributed by atoms with van der Waals surface area (Å²) in [5.74, 6) is -0.194. The van der Waals surface area contributed by atoms with Crippen LogP contribution in [0.15, 0.2) is 42.1 Å². The summed E-state index contributed by atoms with van der Waals surface area (Å²) < 4.78 is 5.67. The molecule has 1 aromatic rings. The Kier molecular flexibility index (Phi) is 5.79. The van der Waals surface area contributed by atoms with Gasteiger partial charge in [0.15, 0.2) is 0 Å². The molecule has 26 heavy (non-hydrogen) atoms. The molecule has 0 radical (unpaired) electrons. The van der Waals surface area contributed by atoms with E-state index in [0.717, 1.165) is 26.2 Å². The number of para-hydroxylation sites is 1. The van der Waals surface area contributed by atoms with Gasteiger partial charge in [-0.1, -0.05) is 18.2 Å². The Hall–Kier alpha value is -2.52. The first-order chi connectivity index (χ1) is 12.6. The summed E-state index contributed by atoms with van der Waals surface area (Å²) in [6, 6.07) is 12.4. The minimum absolute atomic E-state index is 0.00272. The van der Waals surface area contributed by atoms with Crippen molar-refractivity contribution in [2.75, 3.05) is 44.2 Å². The predicted molar refractivity (Wildman–Crippen MR) is 101 cm³/mol. The third kappa shape index (κ3) is 4.36. The molecule has 1 amide bonds. The summed E-state index contributed by atoms with van der Waals surface area (Å²) in [5.41, 5.74) is 1.42. The van der Waals surface area contributed by atoms with Crippen LogP contribution >= 0.6 is 0 Å². The smallest absolute Gasteiger partial charge is 0.266 e. The number of nitriles is 1. The standard InChI is InChI=1S/C20H26N4O2/c1-16-13-24(14-17(2)26-16)20(25)18(12-21)15-22-8-10-23(11-9-22)19-6-4-3-5-7-19/h3-7,15-17H,8-11,13-14H2,1-2H3/b18-15-. The SMILES string of the molecule is CC1CN(C(=O)/C(C#N)=C\N2CCN(c3ccccc3)CC2)CC(C)O1. The lowest BCUT2D eigenvalue weighted by atomic mass is 10.2. The fourth-order valence-electron chi connectivity index (χ4n) is 3.58. The summed E-state index contributed by atoms with van der Waals surface area (Å²) in [4.78, 5) is 18.8. The minimum atomic E-state index is -0.194. The molecule has 3 rings (SSSR count). The van der Waals surface area contributed by atoms with Crippen LogP contribution in [0.1, 0.15) is 13.8 Å². The quantitative estimate of drug-likeness (QED) is 0.612. The van der Waals surface area contributed by atoms with E-state index < -0.39 is 0 Å². The van der Waals surface area contributed by atoms with E-state index in [1.807, 2.05) is 32.0 Å². The number of rotatable bonds is 3. The van der Waals surface area contributed by atoms with Crippen molar-refractivity contribution in [2.45, 2.75) is 26.1 Å². The van der Waals surface area contributed by atoms with Crippen LogP contribution in [0.4, 0.5) is 5.69 Å². The number of anilines is 1. The first-order valence-electron chi connectivity index (χ1n) is 9.17. The largest absolute Gasteiger partial charge is 0.373 e. The van der Waals surface area contributed by atoms with Crippen molar-refractivity contribution in [3.8, 4) is 6.07 Å². The van der Waals surface area contributed by atoms with Gasteiger partial charge in [0.25, 0.3) is 5.91 Å². The normalized spacial score (nSPS) is 24.3.